The number of methoxy groups -OCH3 is 1. The fourth-order valence-electron chi connectivity index (χ4n) is 2.56. The Hall–Kier alpha value is -2.34. The molecular weight excluding hydrogens is 260 g/mol. The molecule has 0 saturated carbocycles. The van der Waals surface area contributed by atoms with E-state index in [2.05, 4.69) is 10.3 Å². The number of ether oxygens (including phenoxy) is 1. The number of fused-ring (bicyclic) bond motifs is 3. The monoisotopic (exact) mass is 274 g/mol. The topological polar surface area (TPSA) is 91.4 Å². The van der Waals surface area contributed by atoms with Crippen LogP contribution < -0.4 is 5.32 Å². The van der Waals surface area contributed by atoms with E-state index < -0.39 is 5.97 Å². The van der Waals surface area contributed by atoms with Crippen molar-refractivity contribution in [3.8, 4) is 0 Å². The first-order valence-electron chi connectivity index (χ1n) is 6.28. The highest BCUT2D eigenvalue weighted by Crippen LogP contribution is 2.27. The highest BCUT2D eigenvalue weighted by Gasteiger charge is 2.27. The molecule has 0 spiro atoms. The molecule has 1 amide bonds. The van der Waals surface area contributed by atoms with E-state index in [9.17, 15) is 14.7 Å². The molecule has 0 aliphatic carbocycles. The summed E-state index contributed by atoms with van der Waals surface area (Å²) in [5.74, 6) is -0.651. The smallest absolute Gasteiger partial charge is 0.337 e. The van der Waals surface area contributed by atoms with Crippen molar-refractivity contribution in [1.82, 2.24) is 10.3 Å². The second-order valence-electron chi connectivity index (χ2n) is 4.79. The van der Waals surface area contributed by atoms with Crippen LogP contribution in [0.15, 0.2) is 18.2 Å². The molecule has 3 N–H and O–H groups in total. The van der Waals surface area contributed by atoms with Crippen molar-refractivity contribution in [2.24, 2.45) is 0 Å². The SMILES string of the molecule is COC(=O)c1ccc2[nH]c3c(c2c1)CC(CO)NC3=O. The maximum absolute atomic E-state index is 12.0. The summed E-state index contributed by atoms with van der Waals surface area (Å²) in [7, 11) is 1.33. The molecule has 1 aromatic heterocycles. The number of aliphatic hydroxyl groups excluding tert-OH is 1. The fourth-order valence-corrected chi connectivity index (χ4v) is 2.56. The number of esters is 1. The maximum atomic E-state index is 12.0. The van der Waals surface area contributed by atoms with Gasteiger partial charge in [-0.05, 0) is 30.2 Å². The molecule has 104 valence electrons. The number of rotatable bonds is 2. The average molecular weight is 274 g/mol. The Balaban J connectivity index is 2.16. The van der Waals surface area contributed by atoms with E-state index in [0.717, 1.165) is 16.5 Å². The number of amides is 1. The number of aromatic nitrogens is 1. The molecule has 3 rings (SSSR count). The van der Waals surface area contributed by atoms with Crippen molar-refractivity contribution in [3.63, 3.8) is 0 Å². The highest BCUT2D eigenvalue weighted by atomic mass is 16.5. The van der Waals surface area contributed by atoms with E-state index in [4.69, 9.17) is 4.74 Å². The zero-order chi connectivity index (χ0) is 14.3. The second kappa shape index (κ2) is 4.64. The minimum absolute atomic E-state index is 0.117. The van der Waals surface area contributed by atoms with Gasteiger partial charge in [0.2, 0.25) is 0 Å². The fraction of sp³-hybridized carbons (Fsp3) is 0.286. The summed E-state index contributed by atoms with van der Waals surface area (Å²) in [6.07, 6.45) is 0.530. The van der Waals surface area contributed by atoms with Crippen LogP contribution >= 0.6 is 0 Å². The Bertz CT molecular complexity index is 705. The van der Waals surface area contributed by atoms with Crippen LogP contribution in [0.3, 0.4) is 0 Å². The van der Waals surface area contributed by atoms with Crippen LogP contribution in [0, 0.1) is 0 Å². The molecule has 0 bridgehead atoms. The van der Waals surface area contributed by atoms with Gasteiger partial charge < -0.3 is 20.1 Å². The standard InChI is InChI=1S/C14H14N2O4/c1-20-14(19)7-2-3-11-9(4-7)10-5-8(6-17)15-13(18)12(10)16-11/h2-4,8,16-17H,5-6H2,1H3,(H,15,18). The molecule has 6 nitrogen and oxygen atoms in total. The van der Waals surface area contributed by atoms with Crippen molar-refractivity contribution in [2.75, 3.05) is 13.7 Å². The quantitative estimate of drug-likeness (QED) is 0.699. The molecule has 1 aliphatic rings. The summed E-state index contributed by atoms with van der Waals surface area (Å²) in [5.41, 5.74) is 2.55. The second-order valence-corrected chi connectivity index (χ2v) is 4.79. The van der Waals surface area contributed by atoms with E-state index in [1.807, 2.05) is 0 Å². The Labute approximate surface area is 114 Å². The van der Waals surface area contributed by atoms with Gasteiger partial charge in [-0.1, -0.05) is 0 Å². The van der Waals surface area contributed by atoms with Gasteiger partial charge in [0.05, 0.1) is 25.3 Å². The van der Waals surface area contributed by atoms with Crippen LogP contribution in [0.25, 0.3) is 10.9 Å². The number of hydrogen-bond donors (Lipinski definition) is 3. The molecule has 20 heavy (non-hydrogen) atoms. The molecule has 0 radical (unpaired) electrons. The number of aromatic amines is 1. The number of aliphatic hydroxyl groups is 1. The van der Waals surface area contributed by atoms with Gasteiger partial charge in [0.25, 0.3) is 5.91 Å². The van der Waals surface area contributed by atoms with Crippen LogP contribution in [0.2, 0.25) is 0 Å². The van der Waals surface area contributed by atoms with Gasteiger partial charge in [-0.3, -0.25) is 4.79 Å². The number of hydrogen-bond acceptors (Lipinski definition) is 4. The van der Waals surface area contributed by atoms with E-state index in [-0.39, 0.29) is 18.6 Å². The molecule has 0 saturated heterocycles. The van der Waals surface area contributed by atoms with Crippen LogP contribution in [-0.2, 0) is 11.2 Å². The van der Waals surface area contributed by atoms with Gasteiger partial charge >= 0.3 is 5.97 Å². The number of H-pyrrole nitrogens is 1. The molecule has 0 fully saturated rings. The molecule has 1 atom stereocenters. The lowest BCUT2D eigenvalue weighted by Crippen LogP contribution is -2.43. The van der Waals surface area contributed by atoms with Gasteiger partial charge in [0.15, 0.2) is 0 Å². The van der Waals surface area contributed by atoms with Crippen LogP contribution in [-0.4, -0.2) is 41.7 Å². The van der Waals surface area contributed by atoms with Crippen molar-refractivity contribution in [2.45, 2.75) is 12.5 Å². The van der Waals surface area contributed by atoms with Crippen molar-refractivity contribution in [1.29, 1.82) is 0 Å². The summed E-state index contributed by atoms with van der Waals surface area (Å²) in [6.45, 7) is -0.117. The summed E-state index contributed by atoms with van der Waals surface area (Å²) in [6, 6.07) is 4.82. The van der Waals surface area contributed by atoms with E-state index >= 15 is 0 Å². The molecule has 1 aliphatic heterocycles. The van der Waals surface area contributed by atoms with E-state index in [0.29, 0.717) is 17.7 Å². The lowest BCUT2D eigenvalue weighted by Gasteiger charge is -2.21. The number of benzene rings is 1. The molecule has 2 heterocycles. The predicted molar refractivity (Wildman–Crippen MR) is 71.7 cm³/mol. The Morgan fingerprint density at radius 1 is 1.50 bits per heavy atom. The number of carbonyl (C=O) groups is 2. The van der Waals surface area contributed by atoms with Gasteiger partial charge in [-0.15, -0.1) is 0 Å². The Morgan fingerprint density at radius 3 is 3.00 bits per heavy atom. The minimum atomic E-state index is -0.416. The highest BCUT2D eigenvalue weighted by molar-refractivity contribution is 6.04. The molecule has 2 aromatic rings. The summed E-state index contributed by atoms with van der Waals surface area (Å²) >= 11 is 0. The van der Waals surface area contributed by atoms with Crippen LogP contribution in [0.1, 0.15) is 26.4 Å². The predicted octanol–water partition coefficient (Wildman–Crippen LogP) is 0.601. The Kier molecular flexibility index (Phi) is 2.94. The molecule has 1 aromatic carbocycles. The number of carbonyl (C=O) groups excluding carboxylic acids is 2. The first-order valence-corrected chi connectivity index (χ1v) is 6.28. The third kappa shape index (κ3) is 1.85. The summed E-state index contributed by atoms with van der Waals surface area (Å²) in [4.78, 5) is 26.6. The largest absolute Gasteiger partial charge is 0.465 e. The number of nitrogens with one attached hydrogen (secondary N) is 2. The van der Waals surface area contributed by atoms with E-state index in [1.165, 1.54) is 7.11 Å². The van der Waals surface area contributed by atoms with Gasteiger partial charge in [-0.2, -0.15) is 0 Å². The molecular formula is C14H14N2O4. The summed E-state index contributed by atoms with van der Waals surface area (Å²) < 4.78 is 4.70. The zero-order valence-electron chi connectivity index (χ0n) is 10.9. The first-order chi connectivity index (χ1) is 9.63. The lowest BCUT2D eigenvalue weighted by atomic mass is 9.98. The maximum Gasteiger partial charge on any atom is 0.337 e. The van der Waals surface area contributed by atoms with Crippen molar-refractivity contribution >= 4 is 22.8 Å². The average Bonchev–Trinajstić information content (AvgIpc) is 2.84. The lowest BCUT2D eigenvalue weighted by molar-refractivity contribution is 0.0600. The van der Waals surface area contributed by atoms with Gasteiger partial charge in [0, 0.05) is 10.9 Å². The third-order valence-corrected chi connectivity index (χ3v) is 3.56. The van der Waals surface area contributed by atoms with E-state index in [1.54, 1.807) is 18.2 Å². The molecule has 1 unspecified atom stereocenters. The van der Waals surface area contributed by atoms with Crippen molar-refractivity contribution < 1.29 is 19.4 Å². The van der Waals surface area contributed by atoms with Crippen molar-refractivity contribution in [3.05, 3.63) is 35.0 Å². The van der Waals surface area contributed by atoms with Crippen LogP contribution in [0.5, 0.6) is 0 Å². The zero-order valence-corrected chi connectivity index (χ0v) is 10.9. The third-order valence-electron chi connectivity index (χ3n) is 3.56. The normalized spacial score (nSPS) is 17.7. The Morgan fingerprint density at radius 2 is 2.30 bits per heavy atom. The summed E-state index contributed by atoms with van der Waals surface area (Å²) in [5, 5.41) is 12.8. The van der Waals surface area contributed by atoms with Crippen LogP contribution in [0.4, 0.5) is 0 Å². The minimum Gasteiger partial charge on any atom is -0.465 e. The van der Waals surface area contributed by atoms with Gasteiger partial charge in [0.1, 0.15) is 5.69 Å². The first kappa shape index (κ1) is 12.7. The molecule has 6 heteroatoms. The van der Waals surface area contributed by atoms with Gasteiger partial charge in [-0.25, -0.2) is 4.79 Å².